The summed E-state index contributed by atoms with van der Waals surface area (Å²) in [6.07, 6.45) is 2.00. The Labute approximate surface area is 150 Å². The highest BCUT2D eigenvalue weighted by atomic mass is 35.5. The van der Waals surface area contributed by atoms with Gasteiger partial charge < -0.3 is 15.4 Å². The van der Waals surface area contributed by atoms with E-state index in [1.807, 2.05) is 24.5 Å². The number of carbonyl (C=O) groups is 1. The fourth-order valence-corrected chi connectivity index (χ4v) is 3.22. The van der Waals surface area contributed by atoms with Crippen molar-refractivity contribution in [2.75, 3.05) is 20.4 Å². The van der Waals surface area contributed by atoms with E-state index in [9.17, 15) is 4.79 Å². The lowest BCUT2D eigenvalue weighted by atomic mass is 10.2. The normalized spacial score (nSPS) is 10.1. The van der Waals surface area contributed by atoms with Crippen LogP contribution in [0.5, 0.6) is 5.75 Å². The van der Waals surface area contributed by atoms with Crippen molar-refractivity contribution in [2.45, 2.75) is 18.0 Å². The quantitative estimate of drug-likeness (QED) is 0.788. The van der Waals surface area contributed by atoms with E-state index in [0.29, 0.717) is 18.8 Å². The van der Waals surface area contributed by atoms with Crippen LogP contribution in [0.4, 0.5) is 0 Å². The predicted octanol–water partition coefficient (Wildman–Crippen LogP) is 3.03. The number of benzene rings is 1. The number of nitrogens with zero attached hydrogens (tertiary/aromatic N) is 2. The average Bonchev–Trinajstić information content (AvgIpc) is 3.02. The zero-order valence-electron chi connectivity index (χ0n) is 13.2. The van der Waals surface area contributed by atoms with Gasteiger partial charge in [-0.1, -0.05) is 6.07 Å². The SMILES string of the molecule is COc1cc(CN(C)C(=O)c2csc(CN)n2)ccc1SC.Cl. The number of thiazole rings is 1. The Morgan fingerprint density at radius 1 is 1.48 bits per heavy atom. The first-order valence-electron chi connectivity index (χ1n) is 6.70. The highest BCUT2D eigenvalue weighted by molar-refractivity contribution is 7.98. The molecule has 0 fully saturated rings. The van der Waals surface area contributed by atoms with Crippen molar-refractivity contribution >= 4 is 41.4 Å². The molecule has 1 aromatic carbocycles. The van der Waals surface area contributed by atoms with Gasteiger partial charge in [-0.2, -0.15) is 0 Å². The van der Waals surface area contributed by atoms with Crippen LogP contribution in [0.1, 0.15) is 21.1 Å². The largest absolute Gasteiger partial charge is 0.496 e. The molecule has 0 saturated carbocycles. The lowest BCUT2D eigenvalue weighted by Crippen LogP contribution is -2.26. The Bertz CT molecular complexity index is 664. The monoisotopic (exact) mass is 373 g/mol. The van der Waals surface area contributed by atoms with E-state index in [-0.39, 0.29) is 18.3 Å². The zero-order chi connectivity index (χ0) is 16.1. The maximum Gasteiger partial charge on any atom is 0.273 e. The van der Waals surface area contributed by atoms with Crippen molar-refractivity contribution in [3.63, 3.8) is 0 Å². The highest BCUT2D eigenvalue weighted by Crippen LogP contribution is 2.28. The Kier molecular flexibility index (Phi) is 7.84. The maximum absolute atomic E-state index is 12.3. The van der Waals surface area contributed by atoms with Crippen molar-refractivity contribution in [3.05, 3.63) is 39.8 Å². The summed E-state index contributed by atoms with van der Waals surface area (Å²) in [5, 5.41) is 2.51. The topological polar surface area (TPSA) is 68.5 Å². The molecular weight excluding hydrogens is 354 g/mol. The number of nitrogens with two attached hydrogens (primary N) is 1. The molecule has 0 spiro atoms. The smallest absolute Gasteiger partial charge is 0.273 e. The summed E-state index contributed by atoms with van der Waals surface area (Å²) in [6.45, 7) is 0.856. The number of aromatic nitrogens is 1. The molecule has 0 radical (unpaired) electrons. The molecule has 1 aromatic heterocycles. The number of ether oxygens (including phenoxy) is 1. The van der Waals surface area contributed by atoms with Crippen LogP contribution in [0.25, 0.3) is 0 Å². The number of thioether (sulfide) groups is 1. The van der Waals surface area contributed by atoms with Crippen LogP contribution in [0.15, 0.2) is 28.5 Å². The van der Waals surface area contributed by atoms with Crippen LogP contribution in [0.3, 0.4) is 0 Å². The third-order valence-corrected chi connectivity index (χ3v) is 4.81. The van der Waals surface area contributed by atoms with Gasteiger partial charge in [0.2, 0.25) is 0 Å². The average molecular weight is 374 g/mol. The van der Waals surface area contributed by atoms with Crippen LogP contribution >= 0.6 is 35.5 Å². The third kappa shape index (κ3) is 4.84. The summed E-state index contributed by atoms with van der Waals surface area (Å²) in [7, 11) is 3.41. The molecule has 126 valence electrons. The molecule has 0 aliphatic rings. The molecule has 1 amide bonds. The van der Waals surface area contributed by atoms with Gasteiger partial charge in [-0.3, -0.25) is 4.79 Å². The highest BCUT2D eigenvalue weighted by Gasteiger charge is 2.16. The lowest BCUT2D eigenvalue weighted by Gasteiger charge is -2.17. The number of rotatable bonds is 6. The van der Waals surface area contributed by atoms with Crippen molar-refractivity contribution in [1.82, 2.24) is 9.88 Å². The molecule has 0 saturated heterocycles. The first-order chi connectivity index (χ1) is 10.6. The van der Waals surface area contributed by atoms with Gasteiger partial charge >= 0.3 is 0 Å². The van der Waals surface area contributed by atoms with Crippen molar-refractivity contribution in [1.29, 1.82) is 0 Å². The second-order valence-corrected chi connectivity index (χ2v) is 6.47. The molecule has 2 rings (SSSR count). The van der Waals surface area contributed by atoms with Crippen molar-refractivity contribution < 1.29 is 9.53 Å². The second-order valence-electron chi connectivity index (χ2n) is 4.68. The molecule has 0 atom stereocenters. The zero-order valence-corrected chi connectivity index (χ0v) is 15.7. The molecule has 5 nitrogen and oxygen atoms in total. The summed E-state index contributed by atoms with van der Waals surface area (Å²) in [4.78, 5) is 19.3. The molecule has 0 aliphatic heterocycles. The van der Waals surface area contributed by atoms with E-state index >= 15 is 0 Å². The molecule has 8 heteroatoms. The predicted molar refractivity (Wildman–Crippen MR) is 97.8 cm³/mol. The fraction of sp³-hybridized carbons (Fsp3) is 0.333. The van der Waals surface area contributed by atoms with Crippen LogP contribution < -0.4 is 10.5 Å². The Morgan fingerprint density at radius 3 is 2.78 bits per heavy atom. The van der Waals surface area contributed by atoms with Gasteiger partial charge in [0.25, 0.3) is 5.91 Å². The summed E-state index contributed by atoms with van der Waals surface area (Å²) in [5.41, 5.74) is 6.99. The molecule has 0 bridgehead atoms. The molecule has 2 aromatic rings. The first-order valence-corrected chi connectivity index (χ1v) is 8.80. The minimum atomic E-state index is -0.108. The van der Waals surface area contributed by atoms with Crippen LogP contribution in [-0.2, 0) is 13.1 Å². The third-order valence-electron chi connectivity index (χ3n) is 3.16. The first kappa shape index (κ1) is 19.8. The molecule has 0 unspecified atom stereocenters. The Hall–Kier alpha value is -1.28. The summed E-state index contributed by atoms with van der Waals surface area (Å²) >= 11 is 3.04. The van der Waals surface area contributed by atoms with Gasteiger partial charge in [0.05, 0.1) is 7.11 Å². The Balaban J connectivity index is 0.00000264. The van der Waals surface area contributed by atoms with E-state index in [0.717, 1.165) is 21.2 Å². The van der Waals surface area contributed by atoms with E-state index in [2.05, 4.69) is 4.98 Å². The number of hydrogen-bond acceptors (Lipinski definition) is 6. The standard InChI is InChI=1S/C15H19N3O2S2.ClH/c1-18(15(19)11-9-22-14(7-16)17-11)8-10-4-5-13(21-3)12(6-10)20-2;/h4-6,9H,7-8,16H2,1-3H3;1H. The van der Waals surface area contributed by atoms with Crippen LogP contribution in [-0.4, -0.2) is 36.2 Å². The number of carbonyl (C=O) groups excluding carboxylic acids is 1. The van der Waals surface area contributed by atoms with E-state index in [4.69, 9.17) is 10.5 Å². The maximum atomic E-state index is 12.3. The van der Waals surface area contributed by atoms with E-state index in [1.165, 1.54) is 11.3 Å². The second kappa shape index (κ2) is 9.12. The molecule has 23 heavy (non-hydrogen) atoms. The van der Waals surface area contributed by atoms with Gasteiger partial charge in [-0.25, -0.2) is 4.98 Å². The number of halogens is 1. The lowest BCUT2D eigenvalue weighted by molar-refractivity contribution is 0.0779. The molecule has 1 heterocycles. The Morgan fingerprint density at radius 2 is 2.22 bits per heavy atom. The van der Waals surface area contributed by atoms with Crippen LogP contribution in [0, 0.1) is 0 Å². The molecule has 0 aliphatic carbocycles. The molecular formula is C15H20ClN3O2S2. The summed E-state index contributed by atoms with van der Waals surface area (Å²) in [6, 6.07) is 5.97. The summed E-state index contributed by atoms with van der Waals surface area (Å²) in [5.74, 6) is 0.716. The number of hydrogen-bond donors (Lipinski definition) is 1. The van der Waals surface area contributed by atoms with Gasteiger partial charge in [-0.05, 0) is 24.0 Å². The minimum absolute atomic E-state index is 0. The van der Waals surface area contributed by atoms with Gasteiger partial charge in [0.15, 0.2) is 0 Å². The van der Waals surface area contributed by atoms with Crippen molar-refractivity contribution in [2.24, 2.45) is 5.73 Å². The molecule has 2 N–H and O–H groups in total. The van der Waals surface area contributed by atoms with Crippen molar-refractivity contribution in [3.8, 4) is 5.75 Å². The minimum Gasteiger partial charge on any atom is -0.496 e. The van der Waals surface area contributed by atoms with Gasteiger partial charge in [-0.15, -0.1) is 35.5 Å². The van der Waals surface area contributed by atoms with E-state index in [1.54, 1.807) is 36.2 Å². The number of amides is 1. The van der Waals surface area contributed by atoms with Gasteiger partial charge in [0, 0.05) is 30.4 Å². The summed E-state index contributed by atoms with van der Waals surface area (Å²) < 4.78 is 5.37. The van der Waals surface area contributed by atoms with Gasteiger partial charge in [0.1, 0.15) is 16.5 Å². The number of methoxy groups -OCH3 is 1. The van der Waals surface area contributed by atoms with E-state index < -0.39 is 0 Å². The van der Waals surface area contributed by atoms with Crippen LogP contribution in [0.2, 0.25) is 0 Å². The fourth-order valence-electron chi connectivity index (χ4n) is 2.02.